The number of benzene rings is 2. The van der Waals surface area contributed by atoms with Gasteiger partial charge in [-0.15, -0.1) is 21.8 Å². The van der Waals surface area contributed by atoms with Gasteiger partial charge in [-0.1, -0.05) is 42.5 Å². The number of halogens is 2. The molecule has 0 saturated carbocycles. The van der Waals surface area contributed by atoms with Crippen molar-refractivity contribution in [1.29, 1.82) is 0 Å². The Morgan fingerprint density at radius 3 is 2.40 bits per heavy atom. The van der Waals surface area contributed by atoms with E-state index in [1.165, 1.54) is 0 Å². The number of hydrogen-bond donors (Lipinski definition) is 0. The molecule has 2 aromatic carbocycles. The Labute approximate surface area is 135 Å². The summed E-state index contributed by atoms with van der Waals surface area (Å²) >= 11 is 8.62. The Morgan fingerprint density at radius 1 is 0.950 bits per heavy atom. The van der Waals surface area contributed by atoms with Gasteiger partial charge in [0.15, 0.2) is 0 Å². The lowest BCUT2D eigenvalue weighted by molar-refractivity contribution is 0.513. The van der Waals surface area contributed by atoms with Crippen molar-refractivity contribution in [1.82, 2.24) is 10.2 Å². The molecule has 0 aliphatic carbocycles. The highest BCUT2D eigenvalue weighted by Gasteiger charge is 2.19. The maximum atomic E-state index is 6.37. The third-order valence-electron chi connectivity index (χ3n) is 2.85. The van der Waals surface area contributed by atoms with Gasteiger partial charge in [0, 0.05) is 3.57 Å². The fraction of sp³-hybridized carbons (Fsp3) is 0.0667. The zero-order valence-electron chi connectivity index (χ0n) is 10.3. The van der Waals surface area contributed by atoms with Gasteiger partial charge < -0.3 is 4.42 Å². The molecule has 0 amide bonds. The topological polar surface area (TPSA) is 38.9 Å². The third kappa shape index (κ3) is 2.71. The third-order valence-corrected chi connectivity index (χ3v) is 4.23. The standard InChI is InChI=1S/C15H10ClIN2O/c16-13(10-6-2-1-3-7-10)15-19-18-14(20-15)11-8-4-5-9-12(11)17/h1-9,13H. The van der Waals surface area contributed by atoms with Crippen molar-refractivity contribution in [2.24, 2.45) is 0 Å². The summed E-state index contributed by atoms with van der Waals surface area (Å²) in [6, 6.07) is 17.5. The smallest absolute Gasteiger partial charge is 0.248 e. The SMILES string of the molecule is ClC(c1ccccc1)c1nnc(-c2ccccc2I)o1. The van der Waals surface area contributed by atoms with Gasteiger partial charge in [-0.25, -0.2) is 0 Å². The molecule has 0 aliphatic heterocycles. The molecule has 0 bridgehead atoms. The Hall–Kier alpha value is -1.40. The van der Waals surface area contributed by atoms with E-state index in [4.69, 9.17) is 16.0 Å². The van der Waals surface area contributed by atoms with Gasteiger partial charge in [0.1, 0.15) is 5.38 Å². The zero-order valence-corrected chi connectivity index (χ0v) is 13.2. The highest BCUT2D eigenvalue weighted by molar-refractivity contribution is 14.1. The molecule has 0 aliphatic rings. The minimum absolute atomic E-state index is 0.410. The molecular weight excluding hydrogens is 387 g/mol. The van der Waals surface area contributed by atoms with E-state index in [0.717, 1.165) is 14.7 Å². The molecule has 3 aromatic rings. The summed E-state index contributed by atoms with van der Waals surface area (Å²) in [5.41, 5.74) is 1.86. The minimum atomic E-state index is -0.432. The molecule has 0 fully saturated rings. The summed E-state index contributed by atoms with van der Waals surface area (Å²) in [6.07, 6.45) is 0. The average Bonchev–Trinajstić information content (AvgIpc) is 2.97. The van der Waals surface area contributed by atoms with Gasteiger partial charge in [0.25, 0.3) is 0 Å². The first-order valence-electron chi connectivity index (χ1n) is 6.03. The van der Waals surface area contributed by atoms with Crippen molar-refractivity contribution >= 4 is 34.2 Å². The molecule has 1 aromatic heterocycles. The number of aromatic nitrogens is 2. The van der Waals surface area contributed by atoms with Crippen LogP contribution in [0.25, 0.3) is 11.5 Å². The quantitative estimate of drug-likeness (QED) is 0.477. The fourth-order valence-electron chi connectivity index (χ4n) is 1.85. The molecule has 3 rings (SSSR count). The van der Waals surface area contributed by atoms with E-state index in [-0.39, 0.29) is 0 Å². The summed E-state index contributed by atoms with van der Waals surface area (Å²) in [7, 11) is 0. The molecule has 0 N–H and O–H groups in total. The van der Waals surface area contributed by atoms with E-state index < -0.39 is 5.38 Å². The summed E-state index contributed by atoms with van der Waals surface area (Å²) in [5.74, 6) is 0.902. The van der Waals surface area contributed by atoms with E-state index in [0.29, 0.717) is 11.8 Å². The molecule has 3 nitrogen and oxygen atoms in total. The van der Waals surface area contributed by atoms with Gasteiger partial charge >= 0.3 is 0 Å². The molecule has 100 valence electrons. The number of nitrogens with zero attached hydrogens (tertiary/aromatic N) is 2. The minimum Gasteiger partial charge on any atom is -0.419 e. The molecule has 0 spiro atoms. The van der Waals surface area contributed by atoms with E-state index in [9.17, 15) is 0 Å². The monoisotopic (exact) mass is 396 g/mol. The highest BCUT2D eigenvalue weighted by atomic mass is 127. The second-order valence-electron chi connectivity index (χ2n) is 4.20. The molecule has 0 saturated heterocycles. The lowest BCUT2D eigenvalue weighted by Crippen LogP contribution is -1.92. The van der Waals surface area contributed by atoms with E-state index in [1.807, 2.05) is 54.6 Å². The largest absolute Gasteiger partial charge is 0.419 e. The zero-order chi connectivity index (χ0) is 13.9. The lowest BCUT2D eigenvalue weighted by Gasteiger charge is -2.04. The number of alkyl halides is 1. The summed E-state index contributed by atoms with van der Waals surface area (Å²) in [6.45, 7) is 0. The van der Waals surface area contributed by atoms with Crippen LogP contribution in [0.2, 0.25) is 0 Å². The van der Waals surface area contributed by atoms with Gasteiger partial charge in [0.05, 0.1) is 5.56 Å². The van der Waals surface area contributed by atoms with Crippen LogP contribution in [-0.2, 0) is 0 Å². The molecule has 1 unspecified atom stereocenters. The maximum absolute atomic E-state index is 6.37. The van der Waals surface area contributed by atoms with Crippen molar-refractivity contribution in [2.45, 2.75) is 5.38 Å². The molecule has 1 heterocycles. The Bertz CT molecular complexity index is 715. The van der Waals surface area contributed by atoms with Crippen molar-refractivity contribution in [3.8, 4) is 11.5 Å². The van der Waals surface area contributed by atoms with Crippen molar-refractivity contribution < 1.29 is 4.42 Å². The lowest BCUT2D eigenvalue weighted by atomic mass is 10.1. The van der Waals surface area contributed by atoms with Gasteiger partial charge in [0.2, 0.25) is 11.8 Å². The second-order valence-corrected chi connectivity index (χ2v) is 5.80. The first kappa shape index (κ1) is 13.6. The Kier molecular flexibility index (Phi) is 4.03. The maximum Gasteiger partial charge on any atom is 0.248 e. The van der Waals surface area contributed by atoms with Crippen LogP contribution in [0.5, 0.6) is 0 Å². The first-order valence-corrected chi connectivity index (χ1v) is 7.54. The van der Waals surface area contributed by atoms with E-state index in [2.05, 4.69) is 32.8 Å². The molecule has 5 heteroatoms. The van der Waals surface area contributed by atoms with Crippen LogP contribution in [0.4, 0.5) is 0 Å². The van der Waals surface area contributed by atoms with Crippen molar-refractivity contribution in [3.63, 3.8) is 0 Å². The van der Waals surface area contributed by atoms with E-state index in [1.54, 1.807) is 0 Å². The first-order chi connectivity index (χ1) is 9.75. The van der Waals surface area contributed by atoms with E-state index >= 15 is 0 Å². The molecular formula is C15H10ClIN2O. The second kappa shape index (κ2) is 5.93. The molecule has 20 heavy (non-hydrogen) atoms. The van der Waals surface area contributed by atoms with Crippen LogP contribution in [0.3, 0.4) is 0 Å². The number of rotatable bonds is 3. The predicted octanol–water partition coefficient (Wildman–Crippen LogP) is 4.67. The summed E-state index contributed by atoms with van der Waals surface area (Å²) in [5, 5.41) is 7.71. The van der Waals surface area contributed by atoms with Crippen LogP contribution >= 0.6 is 34.2 Å². The highest BCUT2D eigenvalue weighted by Crippen LogP contribution is 2.30. The van der Waals surface area contributed by atoms with Crippen LogP contribution in [0.15, 0.2) is 59.0 Å². The number of hydrogen-bond acceptors (Lipinski definition) is 3. The van der Waals surface area contributed by atoms with Crippen molar-refractivity contribution in [3.05, 3.63) is 69.6 Å². The fourth-order valence-corrected chi connectivity index (χ4v) is 2.70. The van der Waals surface area contributed by atoms with Crippen LogP contribution in [0.1, 0.15) is 16.8 Å². The Balaban J connectivity index is 1.93. The van der Waals surface area contributed by atoms with Crippen LogP contribution in [-0.4, -0.2) is 10.2 Å². The molecule has 1 atom stereocenters. The summed E-state index contributed by atoms with van der Waals surface area (Å²) in [4.78, 5) is 0. The Morgan fingerprint density at radius 2 is 1.65 bits per heavy atom. The normalized spacial score (nSPS) is 12.3. The average molecular weight is 397 g/mol. The van der Waals surface area contributed by atoms with Gasteiger partial charge in [-0.05, 0) is 40.3 Å². The molecule has 0 radical (unpaired) electrons. The predicted molar refractivity (Wildman–Crippen MR) is 86.6 cm³/mol. The van der Waals surface area contributed by atoms with Crippen LogP contribution < -0.4 is 0 Å². The summed E-state index contributed by atoms with van der Waals surface area (Å²) < 4.78 is 6.77. The van der Waals surface area contributed by atoms with Gasteiger partial charge in [-0.3, -0.25) is 0 Å². The van der Waals surface area contributed by atoms with Crippen LogP contribution in [0, 0.1) is 3.57 Å². The van der Waals surface area contributed by atoms with Gasteiger partial charge in [-0.2, -0.15) is 0 Å². The van der Waals surface area contributed by atoms with Crippen molar-refractivity contribution in [2.75, 3.05) is 0 Å².